The summed E-state index contributed by atoms with van der Waals surface area (Å²) in [6, 6.07) is 4.15. The SMILES string of the molecule is OCc1cnn2cccc(CN3CCCC3)c12. The maximum Gasteiger partial charge on any atom is 0.0761 e. The van der Waals surface area contributed by atoms with Gasteiger partial charge in [0, 0.05) is 18.3 Å². The third-order valence-electron chi connectivity index (χ3n) is 3.46. The van der Waals surface area contributed by atoms with Crippen LogP contribution in [0.4, 0.5) is 0 Å². The van der Waals surface area contributed by atoms with Gasteiger partial charge >= 0.3 is 0 Å². The van der Waals surface area contributed by atoms with Crippen molar-refractivity contribution < 1.29 is 5.11 Å². The monoisotopic (exact) mass is 231 g/mol. The lowest BCUT2D eigenvalue weighted by atomic mass is 10.1. The fraction of sp³-hybridized carbons (Fsp3) is 0.462. The van der Waals surface area contributed by atoms with Crippen LogP contribution in [0.25, 0.3) is 5.52 Å². The Labute approximate surface area is 100 Å². The van der Waals surface area contributed by atoms with Gasteiger partial charge in [-0.3, -0.25) is 4.90 Å². The zero-order valence-electron chi connectivity index (χ0n) is 9.84. The molecule has 0 atom stereocenters. The Morgan fingerprint density at radius 2 is 2.06 bits per heavy atom. The van der Waals surface area contributed by atoms with Crippen LogP contribution in [0, 0.1) is 0 Å². The summed E-state index contributed by atoms with van der Waals surface area (Å²) in [6.45, 7) is 3.39. The fourth-order valence-electron chi connectivity index (χ4n) is 2.61. The maximum atomic E-state index is 9.34. The van der Waals surface area contributed by atoms with Crippen LogP contribution < -0.4 is 0 Å². The van der Waals surface area contributed by atoms with E-state index in [-0.39, 0.29) is 6.61 Å². The first-order valence-corrected chi connectivity index (χ1v) is 6.16. The highest BCUT2D eigenvalue weighted by molar-refractivity contribution is 5.60. The third kappa shape index (κ3) is 1.94. The molecular weight excluding hydrogens is 214 g/mol. The van der Waals surface area contributed by atoms with Crippen molar-refractivity contribution in [3.8, 4) is 0 Å². The van der Waals surface area contributed by atoms with E-state index < -0.39 is 0 Å². The van der Waals surface area contributed by atoms with Crippen molar-refractivity contribution in [2.24, 2.45) is 0 Å². The molecule has 0 aromatic carbocycles. The van der Waals surface area contributed by atoms with Crippen molar-refractivity contribution in [3.63, 3.8) is 0 Å². The van der Waals surface area contributed by atoms with Crippen LogP contribution in [-0.4, -0.2) is 32.7 Å². The first-order chi connectivity index (χ1) is 8.38. The molecule has 90 valence electrons. The van der Waals surface area contributed by atoms with Gasteiger partial charge in [0.15, 0.2) is 0 Å². The van der Waals surface area contributed by atoms with Crippen molar-refractivity contribution in [3.05, 3.63) is 35.7 Å². The average molecular weight is 231 g/mol. The smallest absolute Gasteiger partial charge is 0.0761 e. The summed E-state index contributed by atoms with van der Waals surface area (Å²) in [4.78, 5) is 2.46. The second-order valence-corrected chi connectivity index (χ2v) is 4.64. The molecule has 0 bridgehead atoms. The molecule has 1 fully saturated rings. The Morgan fingerprint density at radius 1 is 1.24 bits per heavy atom. The fourth-order valence-corrected chi connectivity index (χ4v) is 2.61. The molecule has 2 aromatic heterocycles. The van der Waals surface area contributed by atoms with Crippen LogP contribution in [0.1, 0.15) is 24.0 Å². The number of hydrogen-bond acceptors (Lipinski definition) is 3. The van der Waals surface area contributed by atoms with Crippen molar-refractivity contribution in [2.75, 3.05) is 13.1 Å². The number of aromatic nitrogens is 2. The zero-order chi connectivity index (χ0) is 11.7. The zero-order valence-corrected chi connectivity index (χ0v) is 9.84. The average Bonchev–Trinajstić information content (AvgIpc) is 2.97. The Morgan fingerprint density at radius 3 is 2.82 bits per heavy atom. The van der Waals surface area contributed by atoms with E-state index in [1.165, 1.54) is 31.5 Å². The van der Waals surface area contributed by atoms with Crippen LogP contribution in [0.2, 0.25) is 0 Å². The van der Waals surface area contributed by atoms with Gasteiger partial charge in [0.25, 0.3) is 0 Å². The number of likely N-dealkylation sites (tertiary alicyclic amines) is 1. The van der Waals surface area contributed by atoms with E-state index in [0.717, 1.165) is 17.6 Å². The number of aliphatic hydroxyl groups is 1. The maximum absolute atomic E-state index is 9.34. The molecule has 1 N–H and O–H groups in total. The largest absolute Gasteiger partial charge is 0.392 e. The number of hydrogen-bond donors (Lipinski definition) is 1. The minimum Gasteiger partial charge on any atom is -0.392 e. The first kappa shape index (κ1) is 10.7. The van der Waals surface area contributed by atoms with Gasteiger partial charge in [0.2, 0.25) is 0 Å². The lowest BCUT2D eigenvalue weighted by Gasteiger charge is -2.15. The van der Waals surface area contributed by atoms with Crippen LogP contribution >= 0.6 is 0 Å². The molecule has 3 heterocycles. The van der Waals surface area contributed by atoms with Crippen molar-refractivity contribution in [2.45, 2.75) is 26.0 Å². The first-order valence-electron chi connectivity index (χ1n) is 6.16. The molecule has 3 rings (SSSR count). The Bertz CT molecular complexity index is 514. The van der Waals surface area contributed by atoms with Crippen LogP contribution in [0.5, 0.6) is 0 Å². The Kier molecular flexibility index (Phi) is 2.82. The van der Waals surface area contributed by atoms with Crippen molar-refractivity contribution in [1.82, 2.24) is 14.5 Å². The summed E-state index contributed by atoms with van der Waals surface area (Å²) < 4.78 is 1.86. The summed E-state index contributed by atoms with van der Waals surface area (Å²) in [6.07, 6.45) is 6.29. The second-order valence-electron chi connectivity index (χ2n) is 4.64. The van der Waals surface area contributed by atoms with Crippen LogP contribution in [0.15, 0.2) is 24.5 Å². The van der Waals surface area contributed by atoms with Crippen molar-refractivity contribution >= 4 is 5.52 Å². The highest BCUT2D eigenvalue weighted by Gasteiger charge is 2.15. The molecule has 2 aromatic rings. The predicted molar refractivity (Wildman–Crippen MR) is 65.6 cm³/mol. The number of rotatable bonds is 3. The summed E-state index contributed by atoms with van der Waals surface area (Å²) in [7, 11) is 0. The quantitative estimate of drug-likeness (QED) is 0.868. The molecule has 4 heteroatoms. The highest BCUT2D eigenvalue weighted by Crippen LogP contribution is 2.19. The molecular formula is C13H17N3O. The molecule has 0 radical (unpaired) electrons. The van der Waals surface area contributed by atoms with Gasteiger partial charge in [0.05, 0.1) is 18.3 Å². The number of nitrogens with zero attached hydrogens (tertiary/aromatic N) is 3. The summed E-state index contributed by atoms with van der Waals surface area (Å²) in [5, 5.41) is 13.6. The minimum atomic E-state index is 0.0561. The van der Waals surface area contributed by atoms with Gasteiger partial charge in [-0.25, -0.2) is 4.52 Å². The van der Waals surface area contributed by atoms with Gasteiger partial charge in [-0.2, -0.15) is 5.10 Å². The van der Waals surface area contributed by atoms with E-state index in [1.807, 2.05) is 16.8 Å². The predicted octanol–water partition coefficient (Wildman–Crippen LogP) is 1.42. The van der Waals surface area contributed by atoms with E-state index in [1.54, 1.807) is 6.20 Å². The molecule has 4 nitrogen and oxygen atoms in total. The molecule has 1 aliphatic heterocycles. The molecule has 0 amide bonds. The molecule has 0 spiro atoms. The van der Waals surface area contributed by atoms with Crippen LogP contribution in [0.3, 0.4) is 0 Å². The molecule has 0 aliphatic carbocycles. The summed E-state index contributed by atoms with van der Waals surface area (Å²) in [5.41, 5.74) is 3.25. The topological polar surface area (TPSA) is 40.8 Å². The van der Waals surface area contributed by atoms with E-state index in [0.29, 0.717) is 0 Å². The van der Waals surface area contributed by atoms with E-state index in [2.05, 4.69) is 16.1 Å². The van der Waals surface area contributed by atoms with Gasteiger partial charge < -0.3 is 5.11 Å². The van der Waals surface area contributed by atoms with Crippen molar-refractivity contribution in [1.29, 1.82) is 0 Å². The molecule has 1 aliphatic rings. The summed E-state index contributed by atoms with van der Waals surface area (Å²) in [5.74, 6) is 0. The van der Waals surface area contributed by atoms with Crippen LogP contribution in [-0.2, 0) is 13.2 Å². The van der Waals surface area contributed by atoms with E-state index >= 15 is 0 Å². The normalized spacial score (nSPS) is 17.0. The molecule has 1 saturated heterocycles. The molecule has 0 saturated carbocycles. The number of aliphatic hydroxyl groups excluding tert-OH is 1. The lowest BCUT2D eigenvalue weighted by molar-refractivity contribution is 0.283. The lowest BCUT2D eigenvalue weighted by Crippen LogP contribution is -2.18. The summed E-state index contributed by atoms with van der Waals surface area (Å²) >= 11 is 0. The van der Waals surface area contributed by atoms with Gasteiger partial charge in [-0.05, 0) is 37.6 Å². The third-order valence-corrected chi connectivity index (χ3v) is 3.46. The van der Waals surface area contributed by atoms with Gasteiger partial charge in [-0.1, -0.05) is 6.07 Å². The number of pyridine rings is 1. The molecule has 0 unspecified atom stereocenters. The second kappa shape index (κ2) is 4.47. The minimum absolute atomic E-state index is 0.0561. The standard InChI is InChI=1S/C13H17N3O/c17-10-12-8-14-16-7-3-4-11(13(12)16)9-15-5-1-2-6-15/h3-4,7-8,17H,1-2,5-6,9-10H2. The molecule has 17 heavy (non-hydrogen) atoms. The Balaban J connectivity index is 1.99. The van der Waals surface area contributed by atoms with Gasteiger partial charge in [0.1, 0.15) is 0 Å². The highest BCUT2D eigenvalue weighted by atomic mass is 16.3. The van der Waals surface area contributed by atoms with E-state index in [4.69, 9.17) is 0 Å². The van der Waals surface area contributed by atoms with E-state index in [9.17, 15) is 5.11 Å². The number of fused-ring (bicyclic) bond motifs is 1. The van der Waals surface area contributed by atoms with Gasteiger partial charge in [-0.15, -0.1) is 0 Å². The Hall–Kier alpha value is -1.39.